The highest BCUT2D eigenvalue weighted by Crippen LogP contribution is 2.58. The summed E-state index contributed by atoms with van der Waals surface area (Å²) in [6.45, 7) is 4.55. The Morgan fingerprint density at radius 2 is 1.30 bits per heavy atom. The lowest BCUT2D eigenvalue weighted by molar-refractivity contribution is 0.360. The van der Waals surface area contributed by atoms with Gasteiger partial charge in [0.2, 0.25) is 0 Å². The number of benzene rings is 5. The predicted octanol–water partition coefficient (Wildman–Crippen LogP) is 10.5. The third kappa shape index (κ3) is 4.58. The summed E-state index contributed by atoms with van der Waals surface area (Å²) in [6, 6.07) is 39.3. The second-order valence-corrected chi connectivity index (χ2v) is 12.8. The molecular formula is C42H31N3O2. The molecule has 0 fully saturated rings. The van der Waals surface area contributed by atoms with E-state index in [-0.39, 0.29) is 11.3 Å². The SMILES string of the molecule is CC1(C)c2ccccc2-c2c1ccc1c2Oc2cc(C3=CC=CC(c4nc(-c5ccccc5)nc(-c5ccccc5)n4)C3)ccc2O1. The normalized spacial score (nSPS) is 16.6. The Labute approximate surface area is 273 Å². The zero-order valence-corrected chi connectivity index (χ0v) is 26.1. The Morgan fingerprint density at radius 1 is 0.617 bits per heavy atom. The lowest BCUT2D eigenvalue weighted by atomic mass is 9.82. The molecule has 0 saturated carbocycles. The first-order chi connectivity index (χ1) is 23.0. The van der Waals surface area contributed by atoms with E-state index in [2.05, 4.69) is 74.5 Å². The molecule has 5 aromatic carbocycles. The standard InChI is InChI=1S/C42H31N3O2/c1-42(2)32-19-10-9-18-31(32)37-33(42)21-23-35-38(37)47-36-25-29(20-22-34(36)46-35)28-16-11-17-30(24-28)41-44-39(26-12-5-3-6-13-26)43-40(45-41)27-14-7-4-8-15-27/h3-23,25,30H,24H2,1-2H3. The Bertz CT molecular complexity index is 2200. The maximum atomic E-state index is 6.74. The van der Waals surface area contributed by atoms with Gasteiger partial charge in [0.15, 0.2) is 34.6 Å². The van der Waals surface area contributed by atoms with Crippen molar-refractivity contribution in [3.05, 3.63) is 156 Å². The van der Waals surface area contributed by atoms with Gasteiger partial charge in [-0.2, -0.15) is 0 Å². The molecule has 0 spiro atoms. The minimum absolute atomic E-state index is 0.0150. The first kappa shape index (κ1) is 27.5. The van der Waals surface area contributed by atoms with E-state index >= 15 is 0 Å². The van der Waals surface area contributed by atoms with Crippen LogP contribution < -0.4 is 9.47 Å². The summed E-state index contributed by atoms with van der Waals surface area (Å²) in [5, 5.41) is 0. The average molecular weight is 610 g/mol. The lowest BCUT2D eigenvalue weighted by Crippen LogP contribution is -2.15. The van der Waals surface area contributed by atoms with Crippen molar-refractivity contribution in [2.45, 2.75) is 31.6 Å². The Balaban J connectivity index is 1.05. The van der Waals surface area contributed by atoms with E-state index in [1.807, 2.05) is 72.8 Å². The number of ether oxygens (including phenoxy) is 2. The molecule has 47 heavy (non-hydrogen) atoms. The highest BCUT2D eigenvalue weighted by molar-refractivity contribution is 5.88. The van der Waals surface area contributed by atoms with Crippen molar-refractivity contribution in [3.63, 3.8) is 0 Å². The van der Waals surface area contributed by atoms with Crippen LogP contribution in [0.15, 0.2) is 133 Å². The van der Waals surface area contributed by atoms with Crippen molar-refractivity contribution < 1.29 is 9.47 Å². The predicted molar refractivity (Wildman–Crippen MR) is 186 cm³/mol. The summed E-state index contributed by atoms with van der Waals surface area (Å²) in [7, 11) is 0. The zero-order valence-electron chi connectivity index (χ0n) is 26.1. The molecule has 226 valence electrons. The summed E-state index contributed by atoms with van der Waals surface area (Å²) < 4.78 is 13.2. The molecule has 0 bridgehead atoms. The van der Waals surface area contributed by atoms with E-state index in [4.69, 9.17) is 24.4 Å². The summed E-state index contributed by atoms with van der Waals surface area (Å²) >= 11 is 0. The van der Waals surface area contributed by atoms with Gasteiger partial charge in [-0.05, 0) is 52.4 Å². The van der Waals surface area contributed by atoms with Crippen LogP contribution >= 0.6 is 0 Å². The molecule has 1 aliphatic heterocycles. The van der Waals surface area contributed by atoms with Crippen LogP contribution in [0.3, 0.4) is 0 Å². The van der Waals surface area contributed by atoms with Gasteiger partial charge in [0.25, 0.3) is 0 Å². The summed E-state index contributed by atoms with van der Waals surface area (Å²) in [5.41, 5.74) is 8.97. The van der Waals surface area contributed by atoms with Crippen LogP contribution in [0.5, 0.6) is 23.0 Å². The maximum Gasteiger partial charge on any atom is 0.178 e. The molecule has 1 unspecified atom stereocenters. The molecule has 2 aliphatic carbocycles. The van der Waals surface area contributed by atoms with E-state index in [1.165, 1.54) is 22.3 Å². The fraction of sp³-hybridized carbons (Fsp3) is 0.119. The molecule has 5 heteroatoms. The first-order valence-corrected chi connectivity index (χ1v) is 16.0. The number of aromatic nitrogens is 3. The third-order valence-corrected chi connectivity index (χ3v) is 9.54. The molecule has 5 nitrogen and oxygen atoms in total. The molecule has 9 rings (SSSR count). The van der Waals surface area contributed by atoms with Gasteiger partial charge >= 0.3 is 0 Å². The molecule has 0 saturated heterocycles. The van der Waals surface area contributed by atoms with E-state index in [9.17, 15) is 0 Å². The number of nitrogens with zero attached hydrogens (tertiary/aromatic N) is 3. The molecule has 6 aromatic rings. The van der Waals surface area contributed by atoms with Crippen molar-refractivity contribution in [1.29, 1.82) is 0 Å². The number of rotatable bonds is 4. The monoisotopic (exact) mass is 609 g/mol. The van der Waals surface area contributed by atoms with Crippen molar-refractivity contribution in [2.24, 2.45) is 0 Å². The molecule has 2 heterocycles. The van der Waals surface area contributed by atoms with Gasteiger partial charge in [-0.15, -0.1) is 0 Å². The van der Waals surface area contributed by atoms with Gasteiger partial charge in [0.05, 0.1) is 0 Å². The summed E-state index contributed by atoms with van der Waals surface area (Å²) in [5.74, 6) is 5.05. The van der Waals surface area contributed by atoms with Gasteiger partial charge in [-0.1, -0.05) is 129 Å². The zero-order chi connectivity index (χ0) is 31.5. The van der Waals surface area contributed by atoms with E-state index in [0.717, 1.165) is 51.7 Å². The number of fused-ring (bicyclic) bond motifs is 6. The smallest absolute Gasteiger partial charge is 0.178 e. The number of hydrogen-bond donors (Lipinski definition) is 0. The van der Waals surface area contributed by atoms with Gasteiger partial charge in [0, 0.05) is 28.0 Å². The van der Waals surface area contributed by atoms with Gasteiger partial charge < -0.3 is 9.47 Å². The molecule has 3 aliphatic rings. The van der Waals surface area contributed by atoms with E-state index in [0.29, 0.717) is 17.4 Å². The van der Waals surface area contributed by atoms with Gasteiger partial charge in [-0.25, -0.2) is 15.0 Å². The molecule has 0 amide bonds. The van der Waals surface area contributed by atoms with Crippen LogP contribution in [0.2, 0.25) is 0 Å². The highest BCUT2D eigenvalue weighted by Gasteiger charge is 2.39. The fourth-order valence-electron chi connectivity index (χ4n) is 7.09. The van der Waals surface area contributed by atoms with E-state index < -0.39 is 0 Å². The Hall–Kier alpha value is -5.81. The Kier molecular flexibility index (Phi) is 6.22. The van der Waals surface area contributed by atoms with Crippen molar-refractivity contribution in [3.8, 4) is 56.9 Å². The second kappa shape index (κ2) is 10.6. The lowest BCUT2D eigenvalue weighted by Gasteiger charge is -2.26. The second-order valence-electron chi connectivity index (χ2n) is 12.8. The number of hydrogen-bond acceptors (Lipinski definition) is 5. The van der Waals surface area contributed by atoms with Crippen LogP contribution in [0.1, 0.15) is 48.7 Å². The van der Waals surface area contributed by atoms with Crippen LogP contribution in [0.4, 0.5) is 0 Å². The maximum absolute atomic E-state index is 6.74. The van der Waals surface area contributed by atoms with Gasteiger partial charge in [-0.3, -0.25) is 0 Å². The van der Waals surface area contributed by atoms with Crippen molar-refractivity contribution in [1.82, 2.24) is 15.0 Å². The summed E-state index contributed by atoms with van der Waals surface area (Å²) in [4.78, 5) is 14.9. The third-order valence-electron chi connectivity index (χ3n) is 9.54. The van der Waals surface area contributed by atoms with Crippen molar-refractivity contribution >= 4 is 5.57 Å². The number of allylic oxidation sites excluding steroid dienone is 4. The minimum atomic E-state index is -0.115. The molecular weight excluding hydrogens is 578 g/mol. The first-order valence-electron chi connectivity index (χ1n) is 16.0. The van der Waals surface area contributed by atoms with Crippen molar-refractivity contribution in [2.75, 3.05) is 0 Å². The quantitative estimate of drug-likeness (QED) is 0.199. The molecule has 1 atom stereocenters. The van der Waals surface area contributed by atoms with Crippen LogP contribution in [0.25, 0.3) is 39.5 Å². The average Bonchev–Trinajstić information content (AvgIpc) is 3.37. The van der Waals surface area contributed by atoms with Crippen LogP contribution in [-0.4, -0.2) is 15.0 Å². The van der Waals surface area contributed by atoms with Gasteiger partial charge in [0.1, 0.15) is 5.82 Å². The molecule has 1 aromatic heterocycles. The van der Waals surface area contributed by atoms with Crippen LogP contribution in [-0.2, 0) is 5.41 Å². The minimum Gasteiger partial charge on any atom is -0.449 e. The van der Waals surface area contributed by atoms with Crippen LogP contribution in [0, 0.1) is 0 Å². The highest BCUT2D eigenvalue weighted by atomic mass is 16.6. The molecule has 0 radical (unpaired) electrons. The fourth-order valence-corrected chi connectivity index (χ4v) is 7.09. The largest absolute Gasteiger partial charge is 0.449 e. The Morgan fingerprint density at radius 3 is 2.04 bits per heavy atom. The molecule has 0 N–H and O–H groups in total. The van der Waals surface area contributed by atoms with E-state index in [1.54, 1.807) is 0 Å². The summed E-state index contributed by atoms with van der Waals surface area (Å²) in [6.07, 6.45) is 7.20. The topological polar surface area (TPSA) is 57.1 Å².